The number of benzene rings is 1. The molecule has 0 saturated carbocycles. The fraction of sp³-hybridized carbons (Fsp3) is 0.423. The van der Waals surface area contributed by atoms with Crippen molar-refractivity contribution < 1.29 is 33.2 Å². The van der Waals surface area contributed by atoms with E-state index in [1.165, 1.54) is 7.11 Å². The van der Waals surface area contributed by atoms with E-state index >= 15 is 0 Å². The van der Waals surface area contributed by atoms with E-state index in [0.29, 0.717) is 61.4 Å². The SMILES string of the molecule is COc1ccc2ncc(F)c([C@@H](O)CN3CC[C@@H]4CN(c5ccc6c(c5)OCCO6)C(=O)OC4C3)c2n1. The van der Waals surface area contributed by atoms with Crippen LogP contribution in [0.15, 0.2) is 36.5 Å². The summed E-state index contributed by atoms with van der Waals surface area (Å²) in [6, 6.07) is 8.76. The van der Waals surface area contributed by atoms with Crippen LogP contribution in [0.5, 0.6) is 17.4 Å². The number of amides is 1. The number of carbonyl (C=O) groups excluding carboxylic acids is 1. The number of hydrogen-bond acceptors (Lipinski definition) is 9. The van der Waals surface area contributed by atoms with Crippen LogP contribution in [0.2, 0.25) is 0 Å². The number of nitrogens with zero attached hydrogens (tertiary/aromatic N) is 4. The summed E-state index contributed by atoms with van der Waals surface area (Å²) in [6.45, 7) is 2.78. The first kappa shape index (κ1) is 23.7. The molecule has 6 rings (SSSR count). The van der Waals surface area contributed by atoms with Gasteiger partial charge in [-0.15, -0.1) is 0 Å². The van der Waals surface area contributed by atoms with Crippen molar-refractivity contribution in [3.8, 4) is 17.4 Å². The van der Waals surface area contributed by atoms with Gasteiger partial charge in [0.2, 0.25) is 5.88 Å². The number of methoxy groups -OCH3 is 1. The lowest BCUT2D eigenvalue weighted by molar-refractivity contribution is -0.0188. The number of rotatable bonds is 5. The first-order valence-electron chi connectivity index (χ1n) is 12.3. The van der Waals surface area contributed by atoms with Gasteiger partial charge in [0.25, 0.3) is 0 Å². The molecule has 1 aromatic carbocycles. The fourth-order valence-electron chi connectivity index (χ4n) is 5.26. The van der Waals surface area contributed by atoms with Gasteiger partial charge in [-0.2, -0.15) is 0 Å². The largest absolute Gasteiger partial charge is 0.486 e. The van der Waals surface area contributed by atoms with Crippen molar-refractivity contribution in [1.82, 2.24) is 14.9 Å². The summed E-state index contributed by atoms with van der Waals surface area (Å²) in [5.74, 6) is 1.09. The Balaban J connectivity index is 1.14. The molecule has 3 aliphatic rings. The molecular weight excluding hydrogens is 483 g/mol. The van der Waals surface area contributed by atoms with Crippen molar-refractivity contribution >= 4 is 22.8 Å². The summed E-state index contributed by atoms with van der Waals surface area (Å²) in [5, 5.41) is 11.0. The summed E-state index contributed by atoms with van der Waals surface area (Å²) in [7, 11) is 1.47. The molecule has 3 aromatic rings. The molecule has 3 aliphatic heterocycles. The zero-order valence-electron chi connectivity index (χ0n) is 20.3. The summed E-state index contributed by atoms with van der Waals surface area (Å²) in [5.41, 5.74) is 1.52. The number of likely N-dealkylation sites (tertiary alicyclic amines) is 1. The fourth-order valence-corrected chi connectivity index (χ4v) is 5.26. The molecule has 0 spiro atoms. The maximum atomic E-state index is 14.8. The van der Waals surface area contributed by atoms with E-state index in [0.717, 1.165) is 12.6 Å². The molecule has 1 amide bonds. The van der Waals surface area contributed by atoms with Crippen LogP contribution in [0.4, 0.5) is 14.9 Å². The highest BCUT2D eigenvalue weighted by Crippen LogP contribution is 2.37. The lowest BCUT2D eigenvalue weighted by Gasteiger charge is -2.44. The van der Waals surface area contributed by atoms with E-state index < -0.39 is 18.0 Å². The Morgan fingerprint density at radius 3 is 2.86 bits per heavy atom. The summed E-state index contributed by atoms with van der Waals surface area (Å²) < 4.78 is 37.0. The Hall–Kier alpha value is -3.70. The van der Waals surface area contributed by atoms with Crippen LogP contribution in [0.3, 0.4) is 0 Å². The van der Waals surface area contributed by atoms with Crippen LogP contribution in [-0.2, 0) is 4.74 Å². The highest BCUT2D eigenvalue weighted by atomic mass is 19.1. The number of ether oxygens (including phenoxy) is 4. The highest BCUT2D eigenvalue weighted by molar-refractivity contribution is 5.89. The van der Waals surface area contributed by atoms with E-state index in [-0.39, 0.29) is 29.6 Å². The normalized spacial score (nSPS) is 22.4. The average molecular weight is 511 g/mol. The first-order valence-corrected chi connectivity index (χ1v) is 12.3. The summed E-state index contributed by atoms with van der Waals surface area (Å²) in [4.78, 5) is 24.9. The van der Waals surface area contributed by atoms with Crippen molar-refractivity contribution in [1.29, 1.82) is 0 Å². The van der Waals surface area contributed by atoms with Gasteiger partial charge in [0, 0.05) is 43.2 Å². The molecule has 2 aromatic heterocycles. The van der Waals surface area contributed by atoms with Crippen molar-refractivity contribution in [3.63, 3.8) is 0 Å². The predicted octanol–water partition coefficient (Wildman–Crippen LogP) is 2.93. The van der Waals surface area contributed by atoms with Crippen LogP contribution in [0.25, 0.3) is 11.0 Å². The molecule has 0 bridgehead atoms. The lowest BCUT2D eigenvalue weighted by atomic mass is 9.91. The van der Waals surface area contributed by atoms with Gasteiger partial charge in [0.05, 0.1) is 30.6 Å². The first-order chi connectivity index (χ1) is 18.0. The molecule has 2 fully saturated rings. The molecule has 10 nitrogen and oxygen atoms in total. The summed E-state index contributed by atoms with van der Waals surface area (Å²) in [6.07, 6.45) is -0.0364. The van der Waals surface area contributed by atoms with Crippen LogP contribution < -0.4 is 19.1 Å². The standard InChI is InChI=1S/C26H27FN4O6/c1-34-23-5-3-18-25(29-23)24(17(27)11-28-18)19(32)13-30-7-6-15-12-31(26(33)37-22(15)14-30)16-2-4-20-21(10-16)36-9-8-35-20/h2-5,10-11,15,19,22,32H,6-9,12-14H2,1H3/t15-,19+,22?/m1/s1. The van der Waals surface area contributed by atoms with E-state index in [1.54, 1.807) is 29.2 Å². The van der Waals surface area contributed by atoms with Gasteiger partial charge in [-0.3, -0.25) is 14.8 Å². The number of aliphatic hydroxyl groups excluding tert-OH is 1. The molecule has 0 aliphatic carbocycles. The second kappa shape index (κ2) is 9.64. The number of aliphatic hydroxyl groups is 1. The predicted molar refractivity (Wildman–Crippen MR) is 131 cm³/mol. The molecule has 1 N–H and O–H groups in total. The van der Waals surface area contributed by atoms with Crippen molar-refractivity contribution in [2.45, 2.75) is 18.6 Å². The number of pyridine rings is 2. The van der Waals surface area contributed by atoms with Gasteiger partial charge in [-0.1, -0.05) is 0 Å². The molecule has 37 heavy (non-hydrogen) atoms. The summed E-state index contributed by atoms with van der Waals surface area (Å²) >= 11 is 0. The van der Waals surface area contributed by atoms with E-state index in [4.69, 9.17) is 18.9 Å². The molecule has 194 valence electrons. The third kappa shape index (κ3) is 4.49. The third-order valence-electron chi connectivity index (χ3n) is 7.16. The van der Waals surface area contributed by atoms with Gasteiger partial charge in [0.15, 0.2) is 11.5 Å². The van der Waals surface area contributed by atoms with Crippen LogP contribution in [-0.4, -0.2) is 78.7 Å². The number of piperidine rings is 1. The molecule has 1 unspecified atom stereocenters. The van der Waals surface area contributed by atoms with E-state index in [1.807, 2.05) is 11.0 Å². The lowest BCUT2D eigenvalue weighted by Crippen LogP contribution is -2.56. The Labute approximate surface area is 212 Å². The molecular formula is C26H27FN4O6. The van der Waals surface area contributed by atoms with Gasteiger partial charge < -0.3 is 24.1 Å². The Morgan fingerprint density at radius 1 is 1.19 bits per heavy atom. The number of carbonyl (C=O) groups is 1. The van der Waals surface area contributed by atoms with Crippen molar-refractivity contribution in [2.24, 2.45) is 5.92 Å². The Bertz CT molecular complexity index is 1340. The Morgan fingerprint density at radius 2 is 2.03 bits per heavy atom. The smallest absolute Gasteiger partial charge is 0.414 e. The van der Waals surface area contributed by atoms with E-state index in [2.05, 4.69) is 9.97 Å². The molecule has 0 radical (unpaired) electrons. The van der Waals surface area contributed by atoms with Gasteiger partial charge >= 0.3 is 6.09 Å². The van der Waals surface area contributed by atoms with Crippen LogP contribution in [0.1, 0.15) is 18.1 Å². The minimum atomic E-state index is -1.14. The second-order valence-corrected chi connectivity index (χ2v) is 9.43. The quantitative estimate of drug-likeness (QED) is 0.555. The highest BCUT2D eigenvalue weighted by Gasteiger charge is 2.40. The molecule has 2 saturated heterocycles. The van der Waals surface area contributed by atoms with Gasteiger partial charge in [0.1, 0.15) is 30.7 Å². The number of aromatic nitrogens is 2. The van der Waals surface area contributed by atoms with Gasteiger partial charge in [-0.05, 0) is 31.2 Å². The number of halogens is 1. The minimum absolute atomic E-state index is 0.0800. The van der Waals surface area contributed by atoms with Crippen molar-refractivity contribution in [3.05, 3.63) is 47.9 Å². The third-order valence-corrected chi connectivity index (χ3v) is 7.16. The Kier molecular flexibility index (Phi) is 6.17. The number of anilines is 1. The maximum absolute atomic E-state index is 14.8. The maximum Gasteiger partial charge on any atom is 0.414 e. The van der Waals surface area contributed by atoms with Crippen molar-refractivity contribution in [2.75, 3.05) is 51.4 Å². The molecule has 3 atom stereocenters. The molecule has 11 heteroatoms. The second-order valence-electron chi connectivity index (χ2n) is 9.43. The van der Waals surface area contributed by atoms with E-state index in [9.17, 15) is 14.3 Å². The topological polar surface area (TPSA) is 106 Å². The monoisotopic (exact) mass is 510 g/mol. The average Bonchev–Trinajstić information content (AvgIpc) is 2.91. The van der Waals surface area contributed by atoms with Gasteiger partial charge in [-0.25, -0.2) is 14.2 Å². The zero-order chi connectivity index (χ0) is 25.5. The minimum Gasteiger partial charge on any atom is -0.486 e. The zero-order valence-corrected chi connectivity index (χ0v) is 20.3. The molecule has 5 heterocycles. The van der Waals surface area contributed by atoms with Crippen LogP contribution in [0, 0.1) is 11.7 Å². The van der Waals surface area contributed by atoms with Crippen LogP contribution >= 0.6 is 0 Å². The number of β-amino-alcohol motifs (C(OH)–C–C–N with tert-alkyl or cyclic N) is 1. The number of fused-ring (bicyclic) bond motifs is 3. The number of hydrogen-bond donors (Lipinski definition) is 1.